The van der Waals surface area contributed by atoms with Gasteiger partial charge in [-0.05, 0) is 59.7 Å². The minimum atomic E-state index is -0.808. The number of hydrogen-bond acceptors (Lipinski definition) is 5. The first-order valence-corrected chi connectivity index (χ1v) is 11.6. The van der Waals surface area contributed by atoms with Crippen LogP contribution >= 0.6 is 0 Å². The van der Waals surface area contributed by atoms with Crippen molar-refractivity contribution in [2.24, 2.45) is 39.9 Å². The zero-order valence-corrected chi connectivity index (χ0v) is 19.6. The maximum absolute atomic E-state index is 13.3. The Labute approximate surface area is 181 Å². The second-order valence-electron chi connectivity index (χ2n) is 11.2. The molecule has 0 radical (unpaired) electrons. The molecule has 3 aliphatic rings. The van der Waals surface area contributed by atoms with E-state index in [2.05, 4.69) is 46.8 Å². The molecule has 30 heavy (non-hydrogen) atoms. The fourth-order valence-corrected chi connectivity index (χ4v) is 7.52. The van der Waals surface area contributed by atoms with Crippen molar-refractivity contribution in [3.8, 4) is 0 Å². The Kier molecular flexibility index (Phi) is 6.44. The molecule has 170 valence electrons. The van der Waals surface area contributed by atoms with Gasteiger partial charge in [-0.3, -0.25) is 9.59 Å². The van der Waals surface area contributed by atoms with E-state index in [-0.39, 0.29) is 41.8 Å². The highest BCUT2D eigenvalue weighted by molar-refractivity contribution is 5.75. The number of fused-ring (bicyclic) bond motifs is 3. The van der Waals surface area contributed by atoms with E-state index < -0.39 is 12.1 Å². The predicted molar refractivity (Wildman–Crippen MR) is 115 cm³/mol. The van der Waals surface area contributed by atoms with Gasteiger partial charge in [0.05, 0.1) is 12.5 Å². The third kappa shape index (κ3) is 3.94. The normalized spacial score (nSPS) is 40.6. The van der Waals surface area contributed by atoms with E-state index in [1.54, 1.807) is 0 Å². The van der Waals surface area contributed by atoms with Crippen molar-refractivity contribution in [3.05, 3.63) is 12.2 Å². The van der Waals surface area contributed by atoms with Gasteiger partial charge < -0.3 is 14.6 Å². The maximum atomic E-state index is 13.3. The summed E-state index contributed by atoms with van der Waals surface area (Å²) in [6, 6.07) is 0. The lowest BCUT2D eigenvalue weighted by Crippen LogP contribution is -2.59. The molecule has 5 heteroatoms. The molecule has 2 unspecified atom stereocenters. The van der Waals surface area contributed by atoms with E-state index in [0.717, 1.165) is 12.8 Å². The second kappa shape index (κ2) is 8.29. The summed E-state index contributed by atoms with van der Waals surface area (Å²) in [6.07, 6.45) is 9.70. The number of aliphatic hydroxyl groups is 1. The van der Waals surface area contributed by atoms with Gasteiger partial charge in [-0.25, -0.2) is 0 Å². The lowest BCUT2D eigenvalue weighted by atomic mass is 9.40. The van der Waals surface area contributed by atoms with Gasteiger partial charge >= 0.3 is 11.9 Å². The molecule has 0 saturated heterocycles. The van der Waals surface area contributed by atoms with E-state index in [1.807, 2.05) is 0 Å². The van der Waals surface area contributed by atoms with E-state index in [0.29, 0.717) is 17.3 Å². The monoisotopic (exact) mass is 420 g/mol. The van der Waals surface area contributed by atoms with Crippen LogP contribution in [-0.4, -0.2) is 36.4 Å². The summed E-state index contributed by atoms with van der Waals surface area (Å²) >= 11 is 0. The second-order valence-corrected chi connectivity index (χ2v) is 11.2. The predicted octanol–water partition coefficient (Wildman–Crippen LogP) is 4.52. The molecule has 0 spiro atoms. The van der Waals surface area contributed by atoms with Gasteiger partial charge in [0.2, 0.25) is 0 Å². The lowest BCUT2D eigenvalue weighted by molar-refractivity contribution is -0.179. The summed E-state index contributed by atoms with van der Waals surface area (Å²) in [6.45, 7) is 12.5. The summed E-state index contributed by atoms with van der Waals surface area (Å²) in [4.78, 5) is 24.5. The Morgan fingerprint density at radius 1 is 1.10 bits per heavy atom. The number of hydrogen-bond donors (Lipinski definition) is 1. The average Bonchev–Trinajstić information content (AvgIpc) is 2.63. The standard InChI is InChI=1S/C25H40O5/c1-16-8-9-20-24(5)12-7-11-23(3,4)19(24)10-13-25(20,6)21(16)22(28)29-15-18(14-26)30-17(2)27/h8-9,16,18-21,26H,7,10-15H2,1-6H3/t16-,18+,19-,20?,21?,24-,25+/m1/s1. The van der Waals surface area contributed by atoms with Gasteiger partial charge in [-0.1, -0.05) is 53.2 Å². The topological polar surface area (TPSA) is 72.8 Å². The molecule has 2 fully saturated rings. The largest absolute Gasteiger partial charge is 0.461 e. The van der Waals surface area contributed by atoms with E-state index >= 15 is 0 Å². The number of carbonyl (C=O) groups is 2. The van der Waals surface area contributed by atoms with Gasteiger partial charge in [0.1, 0.15) is 6.61 Å². The van der Waals surface area contributed by atoms with Crippen LogP contribution < -0.4 is 0 Å². The Morgan fingerprint density at radius 2 is 1.80 bits per heavy atom. The van der Waals surface area contributed by atoms with E-state index in [9.17, 15) is 14.7 Å². The molecule has 0 bridgehead atoms. The van der Waals surface area contributed by atoms with Gasteiger partial charge in [0, 0.05) is 6.92 Å². The highest BCUT2D eigenvalue weighted by Crippen LogP contribution is 2.67. The quantitative estimate of drug-likeness (QED) is 0.523. The zero-order valence-electron chi connectivity index (χ0n) is 19.6. The van der Waals surface area contributed by atoms with Gasteiger partial charge in [-0.15, -0.1) is 0 Å². The van der Waals surface area contributed by atoms with Crippen LogP contribution in [0.2, 0.25) is 0 Å². The molecule has 1 N–H and O–H groups in total. The molecule has 0 aliphatic heterocycles. The molecule has 0 aromatic rings. The highest BCUT2D eigenvalue weighted by Gasteiger charge is 2.62. The molecule has 3 rings (SSSR count). The van der Waals surface area contributed by atoms with Crippen LogP contribution in [0.4, 0.5) is 0 Å². The number of carbonyl (C=O) groups excluding carboxylic acids is 2. The van der Waals surface area contributed by atoms with Crippen molar-refractivity contribution < 1.29 is 24.2 Å². The van der Waals surface area contributed by atoms with Crippen molar-refractivity contribution in [2.75, 3.05) is 13.2 Å². The SMILES string of the molecule is CC(=O)O[C@@H](CO)COC(=O)C1[C@H](C)C=CC2[C@]1(C)CC[C@@H]1C(C)(C)CCC[C@@]21C. The van der Waals surface area contributed by atoms with Crippen molar-refractivity contribution >= 4 is 11.9 Å². The first-order chi connectivity index (χ1) is 14.0. The third-order valence-corrected chi connectivity index (χ3v) is 8.71. The molecule has 2 saturated carbocycles. The van der Waals surface area contributed by atoms with Crippen LogP contribution in [0.1, 0.15) is 73.6 Å². The Morgan fingerprint density at radius 3 is 2.43 bits per heavy atom. The summed E-state index contributed by atoms with van der Waals surface area (Å²) in [5.74, 6) is 0.150. The van der Waals surface area contributed by atoms with Crippen LogP contribution in [0, 0.1) is 39.9 Å². The van der Waals surface area contributed by atoms with Gasteiger partial charge in [0.25, 0.3) is 0 Å². The highest BCUT2D eigenvalue weighted by atomic mass is 16.6. The van der Waals surface area contributed by atoms with Crippen LogP contribution in [-0.2, 0) is 19.1 Å². The van der Waals surface area contributed by atoms with E-state index in [4.69, 9.17) is 9.47 Å². The first-order valence-electron chi connectivity index (χ1n) is 11.6. The molecule has 0 aromatic carbocycles. The molecular weight excluding hydrogens is 380 g/mol. The number of esters is 2. The molecule has 7 atom stereocenters. The molecule has 5 nitrogen and oxygen atoms in total. The zero-order chi connectivity index (χ0) is 22.3. The van der Waals surface area contributed by atoms with Crippen molar-refractivity contribution in [1.82, 2.24) is 0 Å². The molecule has 0 aromatic heterocycles. The lowest BCUT2D eigenvalue weighted by Gasteiger charge is -2.64. The number of allylic oxidation sites excluding steroid dienone is 2. The van der Waals surface area contributed by atoms with Crippen LogP contribution in [0.25, 0.3) is 0 Å². The van der Waals surface area contributed by atoms with Crippen molar-refractivity contribution in [3.63, 3.8) is 0 Å². The Hall–Kier alpha value is -1.36. The molecule has 3 aliphatic carbocycles. The number of rotatable bonds is 5. The maximum Gasteiger partial charge on any atom is 0.310 e. The van der Waals surface area contributed by atoms with Crippen molar-refractivity contribution in [2.45, 2.75) is 79.8 Å². The molecule has 0 amide bonds. The van der Waals surface area contributed by atoms with Gasteiger partial charge in [0.15, 0.2) is 6.10 Å². The smallest absolute Gasteiger partial charge is 0.310 e. The summed E-state index contributed by atoms with van der Waals surface area (Å²) in [5, 5.41) is 9.42. The summed E-state index contributed by atoms with van der Waals surface area (Å²) < 4.78 is 10.6. The molecular formula is C25H40O5. The Balaban J connectivity index is 1.83. The van der Waals surface area contributed by atoms with Crippen LogP contribution in [0.5, 0.6) is 0 Å². The number of ether oxygens (including phenoxy) is 2. The summed E-state index contributed by atoms with van der Waals surface area (Å²) in [5.41, 5.74) is 0.370. The Bertz CT molecular complexity index is 698. The average molecular weight is 421 g/mol. The van der Waals surface area contributed by atoms with E-state index in [1.165, 1.54) is 26.2 Å². The fourth-order valence-electron chi connectivity index (χ4n) is 7.52. The fraction of sp³-hybridized carbons (Fsp3) is 0.840. The third-order valence-electron chi connectivity index (χ3n) is 8.71. The number of aliphatic hydroxyl groups excluding tert-OH is 1. The van der Waals surface area contributed by atoms with Gasteiger partial charge in [-0.2, -0.15) is 0 Å². The van der Waals surface area contributed by atoms with Crippen LogP contribution in [0.15, 0.2) is 12.2 Å². The summed E-state index contributed by atoms with van der Waals surface area (Å²) in [7, 11) is 0. The first kappa shape index (κ1) is 23.3. The van der Waals surface area contributed by atoms with Crippen molar-refractivity contribution in [1.29, 1.82) is 0 Å². The van der Waals surface area contributed by atoms with Crippen LogP contribution in [0.3, 0.4) is 0 Å². The minimum absolute atomic E-state index is 0.0943. The molecule has 0 heterocycles. The minimum Gasteiger partial charge on any atom is -0.461 e.